The highest BCUT2D eigenvalue weighted by Crippen LogP contribution is 2.38. The maximum absolute atomic E-state index is 13.7. The van der Waals surface area contributed by atoms with Gasteiger partial charge in [0, 0.05) is 5.56 Å². The Kier molecular flexibility index (Phi) is 3.80. The molecular weight excluding hydrogens is 317 g/mol. The molecule has 2 rings (SSSR count). The van der Waals surface area contributed by atoms with Gasteiger partial charge in [-0.2, -0.15) is 26.3 Å². The smallest absolute Gasteiger partial charge is 0.416 e. The zero-order valence-corrected chi connectivity index (χ0v) is 10.6. The third-order valence-electron chi connectivity index (χ3n) is 2.85. The minimum atomic E-state index is -4.83. The lowest BCUT2D eigenvalue weighted by atomic mass is 9.99. The standard InChI is InChI=1S/C14H7F7O/c15-12-2-1-8(13(16,17)18)6-11(12)7-3-9(14(19,20)21)5-10(22)4-7/h1-6,22H. The lowest BCUT2D eigenvalue weighted by molar-refractivity contribution is -0.138. The number of hydrogen-bond acceptors (Lipinski definition) is 1. The molecular formula is C14H7F7O. The van der Waals surface area contributed by atoms with Crippen molar-refractivity contribution in [3.05, 3.63) is 53.3 Å². The second-order valence-corrected chi connectivity index (χ2v) is 4.46. The third kappa shape index (κ3) is 3.32. The number of halogens is 7. The number of phenolic OH excluding ortho intramolecular Hbond substituents is 1. The van der Waals surface area contributed by atoms with E-state index in [-0.39, 0.29) is 0 Å². The fourth-order valence-corrected chi connectivity index (χ4v) is 1.85. The quantitative estimate of drug-likeness (QED) is 0.712. The summed E-state index contributed by atoms with van der Waals surface area (Å²) in [6, 6.07) is 3.01. The number of aromatic hydroxyl groups is 1. The molecule has 0 atom stereocenters. The molecule has 0 spiro atoms. The van der Waals surface area contributed by atoms with Gasteiger partial charge in [-0.3, -0.25) is 0 Å². The molecule has 1 nitrogen and oxygen atoms in total. The Morgan fingerprint density at radius 1 is 0.727 bits per heavy atom. The molecule has 0 saturated carbocycles. The SMILES string of the molecule is Oc1cc(-c2cc(C(F)(F)F)ccc2F)cc(C(F)(F)F)c1. The van der Waals surface area contributed by atoms with Crippen LogP contribution in [0.1, 0.15) is 11.1 Å². The first-order valence-corrected chi connectivity index (χ1v) is 5.77. The van der Waals surface area contributed by atoms with Crippen LogP contribution in [0.3, 0.4) is 0 Å². The summed E-state index contributed by atoms with van der Waals surface area (Å²) in [6.45, 7) is 0. The third-order valence-corrected chi connectivity index (χ3v) is 2.85. The highest BCUT2D eigenvalue weighted by molar-refractivity contribution is 5.68. The fraction of sp³-hybridized carbons (Fsp3) is 0.143. The average molecular weight is 324 g/mol. The number of hydrogen-bond donors (Lipinski definition) is 1. The van der Waals surface area contributed by atoms with Crippen LogP contribution in [0.15, 0.2) is 36.4 Å². The van der Waals surface area contributed by atoms with Crippen molar-refractivity contribution >= 4 is 0 Å². The molecule has 0 unspecified atom stereocenters. The second kappa shape index (κ2) is 5.19. The summed E-state index contributed by atoms with van der Waals surface area (Å²) in [7, 11) is 0. The van der Waals surface area contributed by atoms with E-state index in [1.807, 2.05) is 0 Å². The van der Waals surface area contributed by atoms with Crippen LogP contribution in [-0.4, -0.2) is 5.11 Å². The van der Waals surface area contributed by atoms with E-state index in [2.05, 4.69) is 0 Å². The van der Waals surface area contributed by atoms with E-state index in [0.29, 0.717) is 30.3 Å². The van der Waals surface area contributed by atoms with Crippen molar-refractivity contribution in [1.29, 1.82) is 0 Å². The molecule has 0 bridgehead atoms. The van der Waals surface area contributed by atoms with Gasteiger partial charge in [-0.15, -0.1) is 0 Å². The van der Waals surface area contributed by atoms with Crippen LogP contribution in [0.5, 0.6) is 5.75 Å². The Balaban J connectivity index is 2.64. The highest BCUT2D eigenvalue weighted by Gasteiger charge is 2.33. The predicted octanol–water partition coefficient (Wildman–Crippen LogP) is 5.24. The summed E-state index contributed by atoms with van der Waals surface area (Å²) in [5.41, 5.74) is -3.69. The molecule has 118 valence electrons. The maximum atomic E-state index is 13.7. The van der Waals surface area contributed by atoms with Crippen molar-refractivity contribution in [2.45, 2.75) is 12.4 Å². The van der Waals surface area contributed by atoms with Crippen molar-refractivity contribution in [1.82, 2.24) is 0 Å². The lowest BCUT2D eigenvalue weighted by Gasteiger charge is -2.13. The molecule has 0 aliphatic heterocycles. The van der Waals surface area contributed by atoms with Crippen LogP contribution in [0.2, 0.25) is 0 Å². The summed E-state index contributed by atoms with van der Waals surface area (Å²) in [5.74, 6) is -1.96. The van der Waals surface area contributed by atoms with Crippen molar-refractivity contribution in [3.63, 3.8) is 0 Å². The van der Waals surface area contributed by atoms with Crippen molar-refractivity contribution in [2.75, 3.05) is 0 Å². The molecule has 8 heteroatoms. The van der Waals surface area contributed by atoms with Gasteiger partial charge in [0.25, 0.3) is 0 Å². The summed E-state index contributed by atoms with van der Waals surface area (Å²) >= 11 is 0. The van der Waals surface area contributed by atoms with Gasteiger partial charge in [-0.25, -0.2) is 4.39 Å². The molecule has 2 aromatic carbocycles. The Hall–Kier alpha value is -2.25. The van der Waals surface area contributed by atoms with E-state index >= 15 is 0 Å². The zero-order valence-electron chi connectivity index (χ0n) is 10.6. The van der Waals surface area contributed by atoms with E-state index in [1.165, 1.54) is 0 Å². The van der Waals surface area contributed by atoms with Crippen molar-refractivity contribution in [2.24, 2.45) is 0 Å². The molecule has 0 aliphatic rings. The number of rotatable bonds is 1. The molecule has 0 radical (unpaired) electrons. The molecule has 0 saturated heterocycles. The van der Waals surface area contributed by atoms with Gasteiger partial charge >= 0.3 is 12.4 Å². The van der Waals surface area contributed by atoms with Gasteiger partial charge in [-0.05, 0) is 42.0 Å². The maximum Gasteiger partial charge on any atom is 0.416 e. The number of benzene rings is 2. The lowest BCUT2D eigenvalue weighted by Crippen LogP contribution is -2.06. The zero-order chi connectivity index (χ0) is 16.7. The van der Waals surface area contributed by atoms with E-state index in [9.17, 15) is 35.8 Å². The molecule has 2 aromatic rings. The van der Waals surface area contributed by atoms with Crippen LogP contribution in [-0.2, 0) is 12.4 Å². The number of alkyl halides is 6. The van der Waals surface area contributed by atoms with Crippen molar-refractivity contribution in [3.8, 4) is 16.9 Å². The summed E-state index contributed by atoms with van der Waals surface area (Å²) in [5, 5.41) is 9.29. The molecule has 0 heterocycles. The summed E-state index contributed by atoms with van der Waals surface area (Å²) in [6.07, 6.45) is -9.60. The largest absolute Gasteiger partial charge is 0.508 e. The predicted molar refractivity (Wildman–Crippen MR) is 63.5 cm³/mol. The molecule has 0 amide bonds. The average Bonchev–Trinajstić information content (AvgIpc) is 2.36. The molecule has 0 aliphatic carbocycles. The first-order valence-electron chi connectivity index (χ1n) is 5.77. The van der Waals surface area contributed by atoms with Gasteiger partial charge < -0.3 is 5.11 Å². The topological polar surface area (TPSA) is 20.2 Å². The normalized spacial score (nSPS) is 12.5. The fourth-order valence-electron chi connectivity index (χ4n) is 1.85. The van der Waals surface area contributed by atoms with Gasteiger partial charge in [0.2, 0.25) is 0 Å². The second-order valence-electron chi connectivity index (χ2n) is 4.46. The first-order chi connectivity index (χ1) is 9.98. The Labute approximate surface area is 119 Å². The Morgan fingerprint density at radius 2 is 1.32 bits per heavy atom. The highest BCUT2D eigenvalue weighted by atomic mass is 19.4. The van der Waals surface area contributed by atoms with Gasteiger partial charge in [-0.1, -0.05) is 0 Å². The summed E-state index contributed by atoms with van der Waals surface area (Å²) < 4.78 is 89.5. The molecule has 0 fully saturated rings. The monoisotopic (exact) mass is 324 g/mol. The molecule has 1 N–H and O–H groups in total. The number of phenols is 1. The van der Waals surface area contributed by atoms with Gasteiger partial charge in [0.05, 0.1) is 11.1 Å². The van der Waals surface area contributed by atoms with Crippen LogP contribution in [0.25, 0.3) is 11.1 Å². The van der Waals surface area contributed by atoms with Crippen LogP contribution in [0.4, 0.5) is 30.7 Å². The van der Waals surface area contributed by atoms with E-state index in [4.69, 9.17) is 0 Å². The Bertz CT molecular complexity index is 701. The van der Waals surface area contributed by atoms with E-state index < -0.39 is 46.2 Å². The van der Waals surface area contributed by atoms with E-state index in [1.54, 1.807) is 0 Å². The van der Waals surface area contributed by atoms with Crippen LogP contribution >= 0.6 is 0 Å². The molecule has 22 heavy (non-hydrogen) atoms. The van der Waals surface area contributed by atoms with Gasteiger partial charge in [0.15, 0.2) is 0 Å². The minimum absolute atomic E-state index is 0.393. The molecule has 0 aromatic heterocycles. The van der Waals surface area contributed by atoms with Crippen molar-refractivity contribution < 1.29 is 35.8 Å². The Morgan fingerprint density at radius 3 is 1.86 bits per heavy atom. The summed E-state index contributed by atoms with van der Waals surface area (Å²) in [4.78, 5) is 0. The minimum Gasteiger partial charge on any atom is -0.508 e. The van der Waals surface area contributed by atoms with Gasteiger partial charge in [0.1, 0.15) is 11.6 Å². The van der Waals surface area contributed by atoms with Crippen LogP contribution < -0.4 is 0 Å². The van der Waals surface area contributed by atoms with Crippen LogP contribution in [0, 0.1) is 5.82 Å². The van der Waals surface area contributed by atoms with E-state index in [0.717, 1.165) is 6.07 Å². The first kappa shape index (κ1) is 16.1.